The zero-order valence-corrected chi connectivity index (χ0v) is 11.3. The minimum Gasteiger partial charge on any atom is -0.351 e. The van der Waals surface area contributed by atoms with Crippen molar-refractivity contribution in [3.8, 4) is 0 Å². The van der Waals surface area contributed by atoms with Gasteiger partial charge in [0, 0.05) is 24.3 Å². The van der Waals surface area contributed by atoms with Gasteiger partial charge in [0.25, 0.3) is 0 Å². The third kappa shape index (κ3) is 4.22. The highest BCUT2D eigenvalue weighted by Gasteiger charge is 2.14. The minimum absolute atomic E-state index is 0.296. The highest BCUT2D eigenvalue weighted by atomic mass is 16.2. The standard InChI is InChI=1S/C14H22N4O/c1-10(17-9-13-3-2-8-16-13)11-4-6-12(7-5-11)18-14(15)19/h4-7,10,13,16-17H,2-3,8-9H2,1H3,(H3,15,18,19). The van der Waals surface area contributed by atoms with Crippen molar-refractivity contribution in [1.29, 1.82) is 0 Å². The summed E-state index contributed by atoms with van der Waals surface area (Å²) in [7, 11) is 0. The molecule has 5 N–H and O–H groups in total. The van der Waals surface area contributed by atoms with Crippen LogP contribution < -0.4 is 21.7 Å². The molecule has 1 aromatic rings. The van der Waals surface area contributed by atoms with Crippen molar-refractivity contribution in [2.24, 2.45) is 5.73 Å². The number of amides is 2. The molecule has 1 aromatic carbocycles. The van der Waals surface area contributed by atoms with Gasteiger partial charge in [0.05, 0.1) is 0 Å². The van der Waals surface area contributed by atoms with Crippen LogP contribution in [0.1, 0.15) is 31.4 Å². The molecule has 0 aliphatic carbocycles. The lowest BCUT2D eigenvalue weighted by atomic mass is 10.1. The van der Waals surface area contributed by atoms with E-state index in [1.807, 2.05) is 24.3 Å². The van der Waals surface area contributed by atoms with E-state index in [4.69, 9.17) is 5.73 Å². The van der Waals surface area contributed by atoms with E-state index in [1.165, 1.54) is 18.4 Å². The molecule has 1 saturated heterocycles. The first kappa shape index (κ1) is 13.8. The third-order valence-corrected chi connectivity index (χ3v) is 3.51. The summed E-state index contributed by atoms with van der Waals surface area (Å²) < 4.78 is 0. The van der Waals surface area contributed by atoms with E-state index in [9.17, 15) is 4.79 Å². The van der Waals surface area contributed by atoms with Crippen molar-refractivity contribution in [2.75, 3.05) is 18.4 Å². The number of nitrogens with two attached hydrogens (primary N) is 1. The number of nitrogens with one attached hydrogen (secondary N) is 3. The Morgan fingerprint density at radius 2 is 2.21 bits per heavy atom. The van der Waals surface area contributed by atoms with Crippen LogP contribution in [0.4, 0.5) is 10.5 Å². The summed E-state index contributed by atoms with van der Waals surface area (Å²) in [5.74, 6) is 0. The van der Waals surface area contributed by atoms with Gasteiger partial charge in [0.2, 0.25) is 0 Å². The van der Waals surface area contributed by atoms with Crippen LogP contribution in [-0.2, 0) is 0 Å². The fourth-order valence-electron chi connectivity index (χ4n) is 2.37. The van der Waals surface area contributed by atoms with E-state index in [1.54, 1.807) is 0 Å². The monoisotopic (exact) mass is 262 g/mol. The molecule has 0 radical (unpaired) electrons. The number of rotatable bonds is 5. The molecule has 0 spiro atoms. The first-order valence-corrected chi connectivity index (χ1v) is 6.78. The number of hydrogen-bond donors (Lipinski definition) is 4. The van der Waals surface area contributed by atoms with Gasteiger partial charge in [0.1, 0.15) is 0 Å². The molecule has 0 aromatic heterocycles. The van der Waals surface area contributed by atoms with Crippen LogP contribution in [0.3, 0.4) is 0 Å². The van der Waals surface area contributed by atoms with E-state index < -0.39 is 6.03 Å². The van der Waals surface area contributed by atoms with Crippen molar-refractivity contribution in [3.63, 3.8) is 0 Å². The molecule has 2 amide bonds. The SMILES string of the molecule is CC(NCC1CCCN1)c1ccc(NC(N)=O)cc1. The van der Waals surface area contributed by atoms with Crippen LogP contribution in [0, 0.1) is 0 Å². The summed E-state index contributed by atoms with van der Waals surface area (Å²) in [6.45, 7) is 4.27. The second kappa shape index (κ2) is 6.54. The predicted octanol–water partition coefficient (Wildman–Crippen LogP) is 1.58. The Morgan fingerprint density at radius 3 is 2.79 bits per heavy atom. The molecule has 5 heteroatoms. The van der Waals surface area contributed by atoms with Crippen molar-refractivity contribution in [2.45, 2.75) is 31.8 Å². The first-order valence-electron chi connectivity index (χ1n) is 6.78. The molecule has 2 rings (SSSR count). The fourth-order valence-corrected chi connectivity index (χ4v) is 2.37. The molecule has 5 nitrogen and oxygen atoms in total. The zero-order valence-electron chi connectivity index (χ0n) is 11.3. The Labute approximate surface area is 113 Å². The Hall–Kier alpha value is -1.59. The molecule has 0 saturated carbocycles. The second-order valence-electron chi connectivity index (χ2n) is 5.03. The Bertz CT molecular complexity index is 412. The van der Waals surface area contributed by atoms with Crippen LogP contribution in [0.25, 0.3) is 0 Å². The maximum absolute atomic E-state index is 10.7. The molecule has 1 aliphatic rings. The molecule has 1 aliphatic heterocycles. The summed E-state index contributed by atoms with van der Waals surface area (Å²) in [4.78, 5) is 10.7. The van der Waals surface area contributed by atoms with E-state index in [-0.39, 0.29) is 0 Å². The van der Waals surface area contributed by atoms with E-state index in [0.717, 1.165) is 18.8 Å². The lowest BCUT2D eigenvalue weighted by Gasteiger charge is -2.18. The predicted molar refractivity (Wildman–Crippen MR) is 77.1 cm³/mol. The average molecular weight is 262 g/mol. The van der Waals surface area contributed by atoms with Gasteiger partial charge < -0.3 is 21.7 Å². The lowest BCUT2D eigenvalue weighted by Crippen LogP contribution is -2.35. The smallest absolute Gasteiger partial charge is 0.316 e. The van der Waals surface area contributed by atoms with Gasteiger partial charge in [-0.15, -0.1) is 0 Å². The second-order valence-corrected chi connectivity index (χ2v) is 5.03. The number of urea groups is 1. The molecule has 2 atom stereocenters. The number of hydrogen-bond acceptors (Lipinski definition) is 3. The van der Waals surface area contributed by atoms with Crippen LogP contribution >= 0.6 is 0 Å². The van der Waals surface area contributed by atoms with Crippen molar-refractivity contribution < 1.29 is 4.79 Å². The number of benzene rings is 1. The van der Waals surface area contributed by atoms with Crippen LogP contribution in [0.5, 0.6) is 0 Å². The van der Waals surface area contributed by atoms with Crippen molar-refractivity contribution >= 4 is 11.7 Å². The van der Waals surface area contributed by atoms with Gasteiger partial charge >= 0.3 is 6.03 Å². The molecule has 104 valence electrons. The van der Waals surface area contributed by atoms with Gasteiger partial charge in [-0.1, -0.05) is 12.1 Å². The molecule has 1 heterocycles. The topological polar surface area (TPSA) is 79.2 Å². The van der Waals surface area contributed by atoms with Gasteiger partial charge in [-0.05, 0) is 44.0 Å². The summed E-state index contributed by atoms with van der Waals surface area (Å²) in [6, 6.07) is 8.10. The Balaban J connectivity index is 1.84. The largest absolute Gasteiger partial charge is 0.351 e. The summed E-state index contributed by atoms with van der Waals surface area (Å²) in [6.07, 6.45) is 2.52. The molecular weight excluding hydrogens is 240 g/mol. The van der Waals surface area contributed by atoms with E-state index in [2.05, 4.69) is 22.9 Å². The normalized spacial score (nSPS) is 20.2. The molecule has 0 bridgehead atoms. The summed E-state index contributed by atoms with van der Waals surface area (Å²) >= 11 is 0. The number of carbonyl (C=O) groups excluding carboxylic acids is 1. The first-order chi connectivity index (χ1) is 9.15. The maximum Gasteiger partial charge on any atom is 0.316 e. The molecule has 19 heavy (non-hydrogen) atoms. The van der Waals surface area contributed by atoms with Crippen LogP contribution in [0.15, 0.2) is 24.3 Å². The van der Waals surface area contributed by atoms with Gasteiger partial charge in [-0.25, -0.2) is 4.79 Å². The maximum atomic E-state index is 10.7. The fraction of sp³-hybridized carbons (Fsp3) is 0.500. The number of primary amides is 1. The zero-order chi connectivity index (χ0) is 13.7. The Kier molecular flexibility index (Phi) is 4.76. The highest BCUT2D eigenvalue weighted by Crippen LogP contribution is 2.16. The van der Waals surface area contributed by atoms with Crippen molar-refractivity contribution in [3.05, 3.63) is 29.8 Å². The highest BCUT2D eigenvalue weighted by molar-refractivity contribution is 5.87. The number of anilines is 1. The van der Waals surface area contributed by atoms with Gasteiger partial charge in [-0.3, -0.25) is 0 Å². The average Bonchev–Trinajstić information content (AvgIpc) is 2.89. The van der Waals surface area contributed by atoms with Gasteiger partial charge in [-0.2, -0.15) is 0 Å². The third-order valence-electron chi connectivity index (χ3n) is 3.51. The molecule has 1 fully saturated rings. The number of carbonyl (C=O) groups is 1. The van der Waals surface area contributed by atoms with E-state index in [0.29, 0.717) is 12.1 Å². The molecular formula is C14H22N4O. The summed E-state index contributed by atoms with van der Waals surface area (Å²) in [5, 5.41) is 9.55. The van der Waals surface area contributed by atoms with E-state index >= 15 is 0 Å². The van der Waals surface area contributed by atoms with Gasteiger partial charge in [0.15, 0.2) is 0 Å². The quantitative estimate of drug-likeness (QED) is 0.650. The van der Waals surface area contributed by atoms with Crippen molar-refractivity contribution in [1.82, 2.24) is 10.6 Å². The molecule has 2 unspecified atom stereocenters. The lowest BCUT2D eigenvalue weighted by molar-refractivity contribution is 0.259. The minimum atomic E-state index is -0.536. The summed E-state index contributed by atoms with van der Waals surface area (Å²) in [5.41, 5.74) is 7.00. The van der Waals surface area contributed by atoms with Crippen LogP contribution in [-0.4, -0.2) is 25.2 Å². The van der Waals surface area contributed by atoms with Crippen LogP contribution in [0.2, 0.25) is 0 Å². The Morgan fingerprint density at radius 1 is 1.47 bits per heavy atom.